The monoisotopic (exact) mass is 676 g/mol. The van der Waals surface area contributed by atoms with Gasteiger partial charge in [0.2, 0.25) is 11.8 Å². The number of likely N-dealkylation sites (tertiary alicyclic amines) is 1. The van der Waals surface area contributed by atoms with Crippen LogP contribution in [0.5, 0.6) is 0 Å². The van der Waals surface area contributed by atoms with Gasteiger partial charge in [-0.25, -0.2) is 9.59 Å². The SMILES string of the molecule is O=C(O)C(F)(F)F.O=C(O)c1ccc(NC(=O)C2C(C3CCCCC3)CCCN2C(=O)C=Cc2cc(Cl)ccc2-n2cnnn2)cc1. The Morgan fingerprint density at radius 1 is 0.957 bits per heavy atom. The number of aromatic carboxylic acids is 1. The molecule has 5 rings (SSSR count). The maximum absolute atomic E-state index is 13.8. The lowest BCUT2D eigenvalue weighted by Crippen LogP contribution is -2.55. The topological polar surface area (TPSA) is 168 Å². The fourth-order valence-electron chi connectivity index (χ4n) is 5.97. The number of tetrazole rings is 1. The van der Waals surface area contributed by atoms with E-state index in [9.17, 15) is 32.7 Å². The molecule has 2 aliphatic rings. The Labute approximate surface area is 272 Å². The average molecular weight is 677 g/mol. The van der Waals surface area contributed by atoms with Gasteiger partial charge in [0.25, 0.3) is 0 Å². The molecule has 0 bridgehead atoms. The molecule has 2 heterocycles. The molecule has 1 saturated carbocycles. The van der Waals surface area contributed by atoms with Gasteiger partial charge >= 0.3 is 18.1 Å². The minimum absolute atomic E-state index is 0.0487. The van der Waals surface area contributed by atoms with Gasteiger partial charge in [0.1, 0.15) is 12.4 Å². The van der Waals surface area contributed by atoms with Gasteiger partial charge < -0.3 is 20.4 Å². The molecule has 2 amide bonds. The van der Waals surface area contributed by atoms with E-state index in [1.54, 1.807) is 41.3 Å². The van der Waals surface area contributed by atoms with E-state index >= 15 is 0 Å². The van der Waals surface area contributed by atoms with E-state index in [1.165, 1.54) is 35.6 Å². The molecule has 1 aromatic heterocycles. The van der Waals surface area contributed by atoms with Gasteiger partial charge in [0.05, 0.1) is 11.3 Å². The third-order valence-electron chi connectivity index (χ3n) is 8.12. The van der Waals surface area contributed by atoms with Gasteiger partial charge in [0.15, 0.2) is 0 Å². The van der Waals surface area contributed by atoms with Gasteiger partial charge in [-0.3, -0.25) is 9.59 Å². The van der Waals surface area contributed by atoms with Gasteiger partial charge in [-0.15, -0.1) is 5.10 Å². The van der Waals surface area contributed by atoms with Crippen molar-refractivity contribution in [2.75, 3.05) is 11.9 Å². The second-order valence-electron chi connectivity index (χ2n) is 11.1. The van der Waals surface area contributed by atoms with Crippen molar-refractivity contribution in [1.82, 2.24) is 25.1 Å². The van der Waals surface area contributed by atoms with Crippen molar-refractivity contribution in [3.8, 4) is 5.69 Å². The van der Waals surface area contributed by atoms with E-state index in [0.717, 1.165) is 38.5 Å². The van der Waals surface area contributed by atoms with E-state index in [-0.39, 0.29) is 23.3 Å². The van der Waals surface area contributed by atoms with E-state index in [4.69, 9.17) is 21.5 Å². The molecule has 0 radical (unpaired) electrons. The van der Waals surface area contributed by atoms with Crippen molar-refractivity contribution in [3.05, 3.63) is 71.0 Å². The highest BCUT2D eigenvalue weighted by Crippen LogP contribution is 2.39. The van der Waals surface area contributed by atoms with Crippen LogP contribution in [0.3, 0.4) is 0 Å². The van der Waals surface area contributed by atoms with Crippen LogP contribution in [0.4, 0.5) is 18.9 Å². The first kappa shape index (κ1) is 35.1. The summed E-state index contributed by atoms with van der Waals surface area (Å²) < 4.78 is 33.2. The number of halogens is 4. The molecule has 3 aromatic rings. The summed E-state index contributed by atoms with van der Waals surface area (Å²) in [7, 11) is 0. The number of carbonyl (C=O) groups excluding carboxylic acids is 2. The summed E-state index contributed by atoms with van der Waals surface area (Å²) >= 11 is 6.24. The van der Waals surface area contributed by atoms with Crippen LogP contribution in [0.2, 0.25) is 5.02 Å². The lowest BCUT2D eigenvalue weighted by atomic mass is 9.72. The number of nitrogens with one attached hydrogen (secondary N) is 1. The zero-order chi connectivity index (χ0) is 34.1. The molecule has 2 fully saturated rings. The summed E-state index contributed by atoms with van der Waals surface area (Å²) in [4.78, 5) is 49.3. The van der Waals surface area contributed by atoms with Gasteiger partial charge in [-0.1, -0.05) is 43.7 Å². The Bertz CT molecular complexity index is 1590. The van der Waals surface area contributed by atoms with Crippen LogP contribution in [0.1, 0.15) is 60.9 Å². The molecule has 3 N–H and O–H groups in total. The number of rotatable bonds is 7. The third kappa shape index (κ3) is 9.37. The number of aromatic nitrogens is 4. The van der Waals surface area contributed by atoms with Crippen molar-refractivity contribution >= 4 is 47.1 Å². The van der Waals surface area contributed by atoms with Crippen molar-refractivity contribution in [2.24, 2.45) is 11.8 Å². The third-order valence-corrected chi connectivity index (χ3v) is 8.35. The van der Waals surface area contributed by atoms with Gasteiger partial charge in [0, 0.05) is 28.9 Å². The fourth-order valence-corrected chi connectivity index (χ4v) is 6.15. The van der Waals surface area contributed by atoms with Crippen LogP contribution < -0.4 is 5.32 Å². The Morgan fingerprint density at radius 2 is 1.64 bits per heavy atom. The number of hydrogen-bond donors (Lipinski definition) is 3. The molecule has 1 aliphatic heterocycles. The van der Waals surface area contributed by atoms with Gasteiger partial charge in [-0.05, 0) is 83.6 Å². The zero-order valence-electron chi connectivity index (χ0n) is 24.9. The molecular weight excluding hydrogens is 645 g/mol. The average Bonchev–Trinajstić information content (AvgIpc) is 3.59. The summed E-state index contributed by atoms with van der Waals surface area (Å²) in [6, 6.07) is 10.7. The zero-order valence-corrected chi connectivity index (χ0v) is 25.7. The number of carbonyl (C=O) groups is 4. The number of piperidine rings is 1. The van der Waals surface area contributed by atoms with Crippen LogP contribution in [0.25, 0.3) is 11.8 Å². The Balaban J connectivity index is 0.000000644. The predicted octanol–water partition coefficient (Wildman–Crippen LogP) is 5.49. The van der Waals surface area contributed by atoms with E-state index in [0.29, 0.717) is 34.4 Å². The molecule has 1 aliphatic carbocycles. The highest BCUT2D eigenvalue weighted by atomic mass is 35.5. The molecule has 250 valence electrons. The van der Waals surface area contributed by atoms with Crippen molar-refractivity contribution < 1.29 is 42.6 Å². The van der Waals surface area contributed by atoms with Crippen molar-refractivity contribution in [2.45, 2.75) is 57.2 Å². The second kappa shape index (κ2) is 15.7. The standard InChI is InChI=1S/C29H31ClN6O4.C2HF3O2/c30-22-11-14-25(36-18-31-33-34-36)21(17-22)10-15-26(37)35-16-4-7-24(19-5-2-1-3-6-19)27(35)28(38)32-23-12-8-20(9-13-23)29(39)40;3-2(4,5)1(6)7/h8-15,17-19,24,27H,1-7,16H2,(H,32,38)(H,39,40);(H,6,7). The van der Waals surface area contributed by atoms with E-state index in [2.05, 4.69) is 20.8 Å². The number of alkyl halides is 3. The lowest BCUT2D eigenvalue weighted by Gasteiger charge is -2.44. The normalized spacial score (nSPS) is 18.7. The molecule has 12 nitrogen and oxygen atoms in total. The van der Waals surface area contributed by atoms with Crippen LogP contribution in [-0.4, -0.2) is 77.8 Å². The first-order chi connectivity index (χ1) is 22.3. The number of hydrogen-bond acceptors (Lipinski definition) is 7. The molecule has 2 unspecified atom stereocenters. The van der Waals surface area contributed by atoms with Crippen molar-refractivity contribution in [1.29, 1.82) is 0 Å². The number of benzene rings is 2. The van der Waals surface area contributed by atoms with Crippen LogP contribution in [0, 0.1) is 11.8 Å². The summed E-state index contributed by atoms with van der Waals surface area (Å²) in [5.74, 6) is -3.88. The number of nitrogens with zero attached hydrogens (tertiary/aromatic N) is 5. The first-order valence-electron chi connectivity index (χ1n) is 14.8. The van der Waals surface area contributed by atoms with Crippen LogP contribution >= 0.6 is 11.6 Å². The van der Waals surface area contributed by atoms with Crippen molar-refractivity contribution in [3.63, 3.8) is 0 Å². The maximum atomic E-state index is 13.8. The number of aliphatic carboxylic acids is 1. The van der Waals surface area contributed by atoms with Crippen LogP contribution in [-0.2, 0) is 14.4 Å². The fraction of sp³-hybridized carbons (Fsp3) is 0.387. The quantitative estimate of drug-likeness (QED) is 0.274. The maximum Gasteiger partial charge on any atom is 0.490 e. The molecule has 16 heteroatoms. The smallest absolute Gasteiger partial charge is 0.478 e. The molecular formula is C31H32ClF3N6O6. The minimum atomic E-state index is -5.08. The molecule has 2 aromatic carbocycles. The number of anilines is 1. The Morgan fingerprint density at radius 3 is 2.23 bits per heavy atom. The molecule has 1 saturated heterocycles. The summed E-state index contributed by atoms with van der Waals surface area (Å²) in [5.41, 5.74) is 1.96. The number of amides is 2. The Hall–Kier alpha value is -4.79. The van der Waals surface area contributed by atoms with Gasteiger partial charge in [-0.2, -0.15) is 17.9 Å². The first-order valence-corrected chi connectivity index (χ1v) is 15.2. The predicted molar refractivity (Wildman–Crippen MR) is 164 cm³/mol. The van der Waals surface area contributed by atoms with E-state index in [1.807, 2.05) is 0 Å². The highest BCUT2D eigenvalue weighted by molar-refractivity contribution is 6.30. The largest absolute Gasteiger partial charge is 0.490 e. The molecule has 47 heavy (non-hydrogen) atoms. The summed E-state index contributed by atoms with van der Waals surface area (Å²) in [5, 5.41) is 31.1. The number of carboxylic acid groups (broad SMARTS) is 2. The molecule has 0 spiro atoms. The Kier molecular flexibility index (Phi) is 11.7. The highest BCUT2D eigenvalue weighted by Gasteiger charge is 2.42. The molecule has 2 atom stereocenters. The number of carboxylic acids is 2. The second-order valence-corrected chi connectivity index (χ2v) is 11.6. The summed E-state index contributed by atoms with van der Waals surface area (Å²) in [6.07, 6.45) is 6.81. The lowest BCUT2D eigenvalue weighted by molar-refractivity contribution is -0.192. The summed E-state index contributed by atoms with van der Waals surface area (Å²) in [6.45, 7) is 0.470. The van der Waals surface area contributed by atoms with E-state index < -0.39 is 24.2 Å². The van der Waals surface area contributed by atoms with Crippen LogP contribution in [0.15, 0.2) is 54.9 Å². The minimum Gasteiger partial charge on any atom is -0.478 e.